The van der Waals surface area contributed by atoms with Crippen LogP contribution in [0, 0.1) is 17.3 Å². The molecule has 2 aromatic rings. The van der Waals surface area contributed by atoms with Gasteiger partial charge in [0.2, 0.25) is 11.8 Å². The van der Waals surface area contributed by atoms with E-state index in [4.69, 9.17) is 11.6 Å². The van der Waals surface area contributed by atoms with Crippen LogP contribution in [0.4, 0.5) is 19.0 Å². The number of anilines is 1. The number of piperidine rings is 1. The van der Waals surface area contributed by atoms with E-state index >= 15 is 0 Å². The third kappa shape index (κ3) is 5.77. The summed E-state index contributed by atoms with van der Waals surface area (Å²) in [6.45, 7) is 4.80. The molecule has 2 amide bonds. The van der Waals surface area contributed by atoms with Crippen LogP contribution >= 0.6 is 11.6 Å². The van der Waals surface area contributed by atoms with E-state index in [1.165, 1.54) is 6.07 Å². The van der Waals surface area contributed by atoms with E-state index < -0.39 is 11.7 Å². The third-order valence-corrected chi connectivity index (χ3v) is 8.59. The Bertz CT molecular complexity index is 1160. The van der Waals surface area contributed by atoms with E-state index in [9.17, 15) is 22.8 Å². The van der Waals surface area contributed by atoms with Gasteiger partial charge in [0.15, 0.2) is 0 Å². The first-order valence-electron chi connectivity index (χ1n) is 13.1. The first-order valence-corrected chi connectivity index (χ1v) is 13.5. The number of alkyl halides is 3. The monoisotopic (exact) mass is 548 g/mol. The molecule has 6 nitrogen and oxygen atoms in total. The van der Waals surface area contributed by atoms with E-state index in [2.05, 4.69) is 10.3 Å². The van der Waals surface area contributed by atoms with Crippen molar-refractivity contribution in [2.75, 3.05) is 38.0 Å². The van der Waals surface area contributed by atoms with Crippen molar-refractivity contribution in [1.82, 2.24) is 14.8 Å². The number of likely N-dealkylation sites (tertiary alicyclic amines) is 2. The fraction of sp³-hybridized carbons (Fsp3) is 0.536. The van der Waals surface area contributed by atoms with E-state index in [0.717, 1.165) is 30.7 Å². The molecule has 2 aliphatic heterocycles. The molecular formula is C28H32ClF3N4O2. The molecule has 5 rings (SSSR count). The largest absolute Gasteiger partial charge is 0.417 e. The molecule has 0 radical (unpaired) electrons. The summed E-state index contributed by atoms with van der Waals surface area (Å²) in [6, 6.07) is 9.93. The molecule has 0 unspecified atom stereocenters. The Morgan fingerprint density at radius 2 is 1.74 bits per heavy atom. The van der Waals surface area contributed by atoms with Crippen LogP contribution in [-0.4, -0.2) is 59.3 Å². The number of hydrogen-bond acceptors (Lipinski definition) is 4. The molecule has 3 heterocycles. The van der Waals surface area contributed by atoms with Crippen LogP contribution < -0.4 is 5.32 Å². The van der Waals surface area contributed by atoms with Gasteiger partial charge in [0, 0.05) is 67.1 Å². The van der Waals surface area contributed by atoms with E-state index in [1.54, 1.807) is 0 Å². The minimum absolute atomic E-state index is 0.0423. The summed E-state index contributed by atoms with van der Waals surface area (Å²) < 4.78 is 38.6. The molecule has 2 atom stereocenters. The van der Waals surface area contributed by atoms with E-state index in [0.29, 0.717) is 56.4 Å². The van der Waals surface area contributed by atoms with Crippen molar-refractivity contribution in [3.63, 3.8) is 0 Å². The lowest BCUT2D eigenvalue weighted by molar-refractivity contribution is -0.142. The zero-order valence-electron chi connectivity index (χ0n) is 21.3. The van der Waals surface area contributed by atoms with Gasteiger partial charge in [0.05, 0.1) is 5.56 Å². The number of aromatic nitrogens is 1. The average molecular weight is 549 g/mol. The fourth-order valence-electron chi connectivity index (χ4n) is 5.62. The number of nitrogens with one attached hydrogen (secondary N) is 1. The van der Waals surface area contributed by atoms with Crippen molar-refractivity contribution in [3.8, 4) is 0 Å². The van der Waals surface area contributed by atoms with Gasteiger partial charge in [-0.2, -0.15) is 13.2 Å². The van der Waals surface area contributed by atoms with Gasteiger partial charge in [0.25, 0.3) is 0 Å². The zero-order valence-corrected chi connectivity index (χ0v) is 22.1. The smallest absolute Gasteiger partial charge is 0.370 e. The highest BCUT2D eigenvalue weighted by atomic mass is 35.5. The van der Waals surface area contributed by atoms with Gasteiger partial charge in [-0.25, -0.2) is 4.98 Å². The highest BCUT2D eigenvalue weighted by molar-refractivity contribution is 6.30. The maximum absolute atomic E-state index is 13.5. The second-order valence-corrected chi connectivity index (χ2v) is 11.5. The Balaban J connectivity index is 1.23. The Morgan fingerprint density at radius 1 is 1.05 bits per heavy atom. The van der Waals surface area contributed by atoms with Crippen LogP contribution in [-0.2, 0) is 15.8 Å². The first-order chi connectivity index (χ1) is 18.0. The maximum Gasteiger partial charge on any atom is 0.417 e. The predicted octanol–water partition coefficient (Wildman–Crippen LogP) is 5.45. The SMILES string of the molecule is CC1(C(=O)N2CCC(C(=O)N3C[C@H](CNc4ccc(C(F)(F)F)cn4)[C@@H](c4ccc(Cl)cc4)C3)CC2)CC1. The molecule has 38 heavy (non-hydrogen) atoms. The summed E-state index contributed by atoms with van der Waals surface area (Å²) in [7, 11) is 0. The normalized spacial score (nSPS) is 23.4. The van der Waals surface area contributed by atoms with Crippen LogP contribution in [0.5, 0.6) is 0 Å². The fourth-order valence-corrected chi connectivity index (χ4v) is 5.74. The lowest BCUT2D eigenvalue weighted by Gasteiger charge is -2.34. The summed E-state index contributed by atoms with van der Waals surface area (Å²) in [4.78, 5) is 34.0. The minimum Gasteiger partial charge on any atom is -0.370 e. The number of hydrogen-bond donors (Lipinski definition) is 1. The molecular weight excluding hydrogens is 517 g/mol. The van der Waals surface area contributed by atoms with Crippen molar-refractivity contribution >= 4 is 29.2 Å². The van der Waals surface area contributed by atoms with Crippen molar-refractivity contribution in [2.24, 2.45) is 17.3 Å². The standard InChI is InChI=1S/C28H32ClF3N4O2/c1-27(10-11-27)26(38)35-12-8-19(9-13-35)25(37)36-16-20(23(17-36)18-2-5-22(29)6-3-18)14-33-24-7-4-21(15-34-24)28(30,31)32/h2-7,15,19-20,23H,8-14,16-17H2,1H3,(H,33,34)/t20-,23+/m0/s1. The van der Waals surface area contributed by atoms with Gasteiger partial charge in [-0.3, -0.25) is 9.59 Å². The molecule has 0 bridgehead atoms. The van der Waals surface area contributed by atoms with Gasteiger partial charge < -0.3 is 15.1 Å². The summed E-state index contributed by atoms with van der Waals surface area (Å²) in [5.74, 6) is 0.675. The Labute approximate surface area is 225 Å². The molecule has 1 aliphatic carbocycles. The summed E-state index contributed by atoms with van der Waals surface area (Å²) >= 11 is 6.09. The van der Waals surface area contributed by atoms with Crippen LogP contribution in [0.2, 0.25) is 5.02 Å². The lowest BCUT2D eigenvalue weighted by atomic mass is 9.89. The number of amides is 2. The second-order valence-electron chi connectivity index (χ2n) is 11.1. The van der Waals surface area contributed by atoms with Crippen LogP contribution in [0.1, 0.15) is 49.7 Å². The second kappa shape index (κ2) is 10.4. The summed E-state index contributed by atoms with van der Waals surface area (Å²) in [6.07, 6.45) is -0.382. The van der Waals surface area contributed by atoms with Gasteiger partial charge >= 0.3 is 6.18 Å². The van der Waals surface area contributed by atoms with Crippen molar-refractivity contribution in [3.05, 3.63) is 58.7 Å². The molecule has 1 saturated carbocycles. The summed E-state index contributed by atoms with van der Waals surface area (Å²) in [5.41, 5.74) is 0.0772. The molecule has 3 aliphatic rings. The number of halogens is 4. The Kier molecular flexibility index (Phi) is 7.33. The van der Waals surface area contributed by atoms with E-state index in [1.807, 2.05) is 41.0 Å². The van der Waals surface area contributed by atoms with Crippen molar-refractivity contribution in [2.45, 2.75) is 44.7 Å². The Morgan fingerprint density at radius 3 is 2.32 bits per heavy atom. The number of nitrogens with zero attached hydrogens (tertiary/aromatic N) is 3. The molecule has 204 valence electrons. The predicted molar refractivity (Wildman–Crippen MR) is 139 cm³/mol. The third-order valence-electron chi connectivity index (χ3n) is 8.33. The van der Waals surface area contributed by atoms with Gasteiger partial charge in [-0.05, 0) is 55.5 Å². The highest BCUT2D eigenvalue weighted by Crippen LogP contribution is 2.47. The van der Waals surface area contributed by atoms with Crippen molar-refractivity contribution in [1.29, 1.82) is 0 Å². The summed E-state index contributed by atoms with van der Waals surface area (Å²) in [5, 5.41) is 3.80. The highest BCUT2D eigenvalue weighted by Gasteiger charge is 2.48. The number of benzene rings is 1. The molecule has 1 aromatic heterocycles. The molecule has 10 heteroatoms. The molecule has 0 spiro atoms. The zero-order chi connectivity index (χ0) is 27.1. The molecule has 2 saturated heterocycles. The first kappa shape index (κ1) is 26.8. The van der Waals surface area contributed by atoms with Gasteiger partial charge in [0.1, 0.15) is 5.82 Å². The van der Waals surface area contributed by atoms with Crippen LogP contribution in [0.3, 0.4) is 0 Å². The number of carbonyl (C=O) groups excluding carboxylic acids is 2. The quantitative estimate of drug-likeness (QED) is 0.521. The molecule has 3 fully saturated rings. The lowest BCUT2D eigenvalue weighted by Crippen LogP contribution is -2.45. The van der Waals surface area contributed by atoms with Crippen LogP contribution in [0.15, 0.2) is 42.6 Å². The maximum atomic E-state index is 13.5. The van der Waals surface area contributed by atoms with Gasteiger partial charge in [-0.15, -0.1) is 0 Å². The average Bonchev–Trinajstić information content (AvgIpc) is 3.52. The van der Waals surface area contributed by atoms with Crippen molar-refractivity contribution < 1.29 is 22.8 Å². The molecule has 1 aromatic carbocycles. The number of pyridine rings is 1. The number of rotatable bonds is 6. The topological polar surface area (TPSA) is 65.5 Å². The van der Waals surface area contributed by atoms with E-state index in [-0.39, 0.29) is 35.0 Å². The number of carbonyl (C=O) groups is 2. The molecule has 1 N–H and O–H groups in total. The minimum atomic E-state index is -4.43. The Hall–Kier alpha value is -2.81. The van der Waals surface area contributed by atoms with Crippen LogP contribution in [0.25, 0.3) is 0 Å². The van der Waals surface area contributed by atoms with Gasteiger partial charge in [-0.1, -0.05) is 30.7 Å².